The van der Waals surface area contributed by atoms with Gasteiger partial charge in [0.1, 0.15) is 11.6 Å². The highest BCUT2D eigenvalue weighted by Gasteiger charge is 2.15. The molecule has 2 N–H and O–H groups in total. The third-order valence-corrected chi connectivity index (χ3v) is 4.14. The number of benzene rings is 1. The molecule has 3 rings (SSSR count). The second kappa shape index (κ2) is 6.28. The molecule has 0 amide bonds. The monoisotopic (exact) mass is 373 g/mol. The first kappa shape index (κ1) is 18.2. The van der Waals surface area contributed by atoms with Crippen molar-refractivity contribution in [1.29, 1.82) is 0 Å². The predicted octanol–water partition coefficient (Wildman–Crippen LogP) is 3.31. The van der Waals surface area contributed by atoms with Crippen LogP contribution in [0.1, 0.15) is 26.5 Å². The average molecular weight is 373 g/mol. The molecule has 8 heteroatoms. The lowest BCUT2D eigenvalue weighted by molar-refractivity contribution is 0.606. The van der Waals surface area contributed by atoms with Crippen molar-refractivity contribution in [3.63, 3.8) is 0 Å². The van der Waals surface area contributed by atoms with E-state index in [2.05, 4.69) is 40.9 Å². The molecule has 0 atom stereocenters. The van der Waals surface area contributed by atoms with Crippen LogP contribution in [-0.4, -0.2) is 35.0 Å². The van der Waals surface area contributed by atoms with Gasteiger partial charge in [-0.15, -0.1) is 0 Å². The molecule has 0 unspecified atom stereocenters. The SMILES string of the molecule is Cc1cc(NS(C)(=O)=O)n(-c2cccc3nc(NC(C)(C)C)ccc23)n1. The molecule has 0 aliphatic carbocycles. The van der Waals surface area contributed by atoms with Crippen molar-refractivity contribution >= 4 is 32.6 Å². The van der Waals surface area contributed by atoms with E-state index in [-0.39, 0.29) is 5.54 Å². The maximum Gasteiger partial charge on any atom is 0.230 e. The van der Waals surface area contributed by atoms with Gasteiger partial charge in [-0.25, -0.2) is 18.1 Å². The minimum absolute atomic E-state index is 0.0933. The molecule has 2 heterocycles. The maximum absolute atomic E-state index is 11.7. The van der Waals surface area contributed by atoms with Crippen LogP contribution in [0.3, 0.4) is 0 Å². The zero-order valence-electron chi connectivity index (χ0n) is 15.5. The zero-order chi connectivity index (χ0) is 19.1. The highest BCUT2D eigenvalue weighted by molar-refractivity contribution is 7.92. The van der Waals surface area contributed by atoms with Gasteiger partial charge in [-0.3, -0.25) is 4.72 Å². The Balaban J connectivity index is 2.12. The Kier molecular flexibility index (Phi) is 4.39. The third kappa shape index (κ3) is 4.13. The summed E-state index contributed by atoms with van der Waals surface area (Å²) in [6, 6.07) is 11.3. The largest absolute Gasteiger partial charge is 0.365 e. The van der Waals surface area contributed by atoms with Crippen molar-refractivity contribution in [2.75, 3.05) is 16.3 Å². The molecule has 0 saturated carbocycles. The number of nitrogens with one attached hydrogen (secondary N) is 2. The summed E-state index contributed by atoms with van der Waals surface area (Å²) in [6.45, 7) is 8.04. The number of rotatable bonds is 4. The summed E-state index contributed by atoms with van der Waals surface area (Å²) < 4.78 is 27.4. The van der Waals surface area contributed by atoms with E-state index in [9.17, 15) is 8.42 Å². The van der Waals surface area contributed by atoms with Gasteiger partial charge >= 0.3 is 0 Å². The molecule has 0 spiro atoms. The van der Waals surface area contributed by atoms with Crippen molar-refractivity contribution in [3.05, 3.63) is 42.1 Å². The van der Waals surface area contributed by atoms with E-state index >= 15 is 0 Å². The topological polar surface area (TPSA) is 88.9 Å². The van der Waals surface area contributed by atoms with Crippen LogP contribution in [0.15, 0.2) is 36.4 Å². The molecular formula is C18H23N5O2S. The molecule has 1 aromatic carbocycles. The summed E-state index contributed by atoms with van der Waals surface area (Å²) >= 11 is 0. The molecule has 3 aromatic rings. The molecule has 26 heavy (non-hydrogen) atoms. The summed E-state index contributed by atoms with van der Waals surface area (Å²) in [4.78, 5) is 4.67. The van der Waals surface area contributed by atoms with E-state index in [0.717, 1.165) is 28.7 Å². The summed E-state index contributed by atoms with van der Waals surface area (Å²) in [6.07, 6.45) is 1.12. The van der Waals surface area contributed by atoms with Gasteiger partial charge < -0.3 is 5.32 Å². The van der Waals surface area contributed by atoms with E-state index in [1.54, 1.807) is 10.7 Å². The fourth-order valence-corrected chi connectivity index (χ4v) is 3.25. The Morgan fingerprint density at radius 1 is 1.12 bits per heavy atom. The van der Waals surface area contributed by atoms with Crippen molar-refractivity contribution in [2.45, 2.75) is 33.2 Å². The predicted molar refractivity (Wildman–Crippen MR) is 105 cm³/mol. The molecule has 0 radical (unpaired) electrons. The van der Waals surface area contributed by atoms with Crippen LogP contribution in [0.2, 0.25) is 0 Å². The van der Waals surface area contributed by atoms with E-state index in [1.807, 2.05) is 37.3 Å². The molecule has 0 fully saturated rings. The second-order valence-electron chi connectivity index (χ2n) is 7.37. The lowest BCUT2D eigenvalue weighted by Crippen LogP contribution is -2.26. The highest BCUT2D eigenvalue weighted by atomic mass is 32.2. The first-order valence-electron chi connectivity index (χ1n) is 8.25. The number of pyridine rings is 1. The summed E-state index contributed by atoms with van der Waals surface area (Å²) in [7, 11) is -3.41. The number of aryl methyl sites for hydroxylation is 1. The first-order valence-corrected chi connectivity index (χ1v) is 10.1. The molecular weight excluding hydrogens is 350 g/mol. The normalized spacial score (nSPS) is 12.3. The summed E-state index contributed by atoms with van der Waals surface area (Å²) in [5, 5.41) is 8.68. The number of aromatic nitrogens is 3. The van der Waals surface area contributed by atoms with Crippen molar-refractivity contribution in [3.8, 4) is 5.69 Å². The maximum atomic E-state index is 11.7. The molecule has 2 aromatic heterocycles. The average Bonchev–Trinajstić information content (AvgIpc) is 2.83. The van der Waals surface area contributed by atoms with Crippen molar-refractivity contribution in [2.24, 2.45) is 0 Å². The summed E-state index contributed by atoms with van der Waals surface area (Å²) in [5.41, 5.74) is 2.18. The molecule has 7 nitrogen and oxygen atoms in total. The first-order chi connectivity index (χ1) is 12.0. The van der Waals surface area contributed by atoms with Crippen LogP contribution in [0, 0.1) is 6.92 Å². The fraction of sp³-hybridized carbons (Fsp3) is 0.333. The lowest BCUT2D eigenvalue weighted by Gasteiger charge is -2.21. The Bertz CT molecular complexity index is 1060. The quantitative estimate of drug-likeness (QED) is 0.732. The summed E-state index contributed by atoms with van der Waals surface area (Å²) in [5.74, 6) is 1.18. The second-order valence-corrected chi connectivity index (χ2v) is 9.12. The molecule has 0 bridgehead atoms. The van der Waals surface area contributed by atoms with Gasteiger partial charge in [0, 0.05) is 17.0 Å². The number of sulfonamides is 1. The van der Waals surface area contributed by atoms with Gasteiger partial charge in [0.05, 0.1) is 23.2 Å². The van der Waals surface area contributed by atoms with E-state index in [0.29, 0.717) is 11.5 Å². The van der Waals surface area contributed by atoms with E-state index in [4.69, 9.17) is 0 Å². The lowest BCUT2D eigenvalue weighted by atomic mass is 10.1. The number of fused-ring (bicyclic) bond motifs is 1. The highest BCUT2D eigenvalue weighted by Crippen LogP contribution is 2.26. The number of nitrogens with zero attached hydrogens (tertiary/aromatic N) is 3. The molecule has 0 aliphatic heterocycles. The van der Waals surface area contributed by atoms with Crippen LogP contribution in [0.25, 0.3) is 16.6 Å². The van der Waals surface area contributed by atoms with Crippen LogP contribution in [0.5, 0.6) is 0 Å². The van der Waals surface area contributed by atoms with Gasteiger partial charge in [0.15, 0.2) is 0 Å². The molecule has 138 valence electrons. The van der Waals surface area contributed by atoms with Crippen LogP contribution >= 0.6 is 0 Å². The van der Waals surface area contributed by atoms with Crippen molar-refractivity contribution < 1.29 is 8.42 Å². The van der Waals surface area contributed by atoms with Gasteiger partial charge in [0.25, 0.3) is 0 Å². The molecule has 0 saturated heterocycles. The van der Waals surface area contributed by atoms with Crippen LogP contribution in [-0.2, 0) is 10.0 Å². The van der Waals surface area contributed by atoms with E-state index < -0.39 is 10.0 Å². The smallest absolute Gasteiger partial charge is 0.230 e. The minimum Gasteiger partial charge on any atom is -0.365 e. The standard InChI is InChI=1S/C18H23N5O2S/c1-12-11-17(22-26(5,24)25)23(21-12)15-8-6-7-14-13(15)9-10-16(19-14)20-18(2,3)4/h6-11,22H,1-5H3,(H,19,20). The van der Waals surface area contributed by atoms with Gasteiger partial charge in [-0.05, 0) is 52.0 Å². The minimum atomic E-state index is -3.41. The van der Waals surface area contributed by atoms with Crippen LogP contribution in [0.4, 0.5) is 11.6 Å². The van der Waals surface area contributed by atoms with Gasteiger partial charge in [0.2, 0.25) is 10.0 Å². The zero-order valence-corrected chi connectivity index (χ0v) is 16.3. The Morgan fingerprint density at radius 2 is 1.85 bits per heavy atom. The third-order valence-electron chi connectivity index (χ3n) is 3.56. The Morgan fingerprint density at radius 3 is 2.50 bits per heavy atom. The molecule has 0 aliphatic rings. The fourth-order valence-electron chi connectivity index (χ4n) is 2.72. The number of hydrogen-bond acceptors (Lipinski definition) is 5. The number of anilines is 2. The van der Waals surface area contributed by atoms with Crippen molar-refractivity contribution in [1.82, 2.24) is 14.8 Å². The van der Waals surface area contributed by atoms with Crippen LogP contribution < -0.4 is 10.0 Å². The Hall–Kier alpha value is -2.61. The Labute approximate surface area is 153 Å². The van der Waals surface area contributed by atoms with Gasteiger partial charge in [-0.1, -0.05) is 6.07 Å². The van der Waals surface area contributed by atoms with E-state index in [1.165, 1.54) is 0 Å². The number of hydrogen-bond donors (Lipinski definition) is 2. The van der Waals surface area contributed by atoms with Gasteiger partial charge in [-0.2, -0.15) is 5.10 Å².